The summed E-state index contributed by atoms with van der Waals surface area (Å²) in [6.45, 7) is 8.10. The number of sulfonamides is 1. The topological polar surface area (TPSA) is 118 Å². The third kappa shape index (κ3) is 7.83. The molecule has 2 N–H and O–H groups in total. The Labute approximate surface area is 301 Å². The van der Waals surface area contributed by atoms with Crippen molar-refractivity contribution in [1.82, 2.24) is 9.62 Å². The number of ether oxygens (including phenoxy) is 3. The van der Waals surface area contributed by atoms with Gasteiger partial charge in [0.2, 0.25) is 10.0 Å². The number of hydrogen-bond acceptors (Lipinski definition) is 9. The maximum atomic E-state index is 13.5. The van der Waals surface area contributed by atoms with Crippen LogP contribution >= 0.6 is 11.6 Å². The molecule has 4 aliphatic heterocycles. The molecule has 1 aliphatic carbocycles. The van der Waals surface area contributed by atoms with E-state index in [1.165, 1.54) is 5.56 Å². The fourth-order valence-corrected chi connectivity index (χ4v) is 10.1. The van der Waals surface area contributed by atoms with Crippen molar-refractivity contribution in [2.45, 2.75) is 95.5 Å². The van der Waals surface area contributed by atoms with Gasteiger partial charge < -0.3 is 24.2 Å². The van der Waals surface area contributed by atoms with Gasteiger partial charge in [-0.15, -0.1) is 0 Å². The number of hydrogen-bond donors (Lipinski definition) is 2. The fourth-order valence-electron chi connectivity index (χ4n) is 8.55. The smallest absolute Gasteiger partial charge is 0.264 e. The number of rotatable bonds is 2. The molecular weight excluding hydrogens is 678 g/mol. The van der Waals surface area contributed by atoms with Gasteiger partial charge in [0.05, 0.1) is 36.3 Å². The minimum atomic E-state index is -3.92. The molecule has 5 aliphatic rings. The van der Waals surface area contributed by atoms with E-state index in [-0.39, 0.29) is 30.3 Å². The minimum Gasteiger partial charge on any atom is -0.487 e. The lowest BCUT2D eigenvalue weighted by Gasteiger charge is -2.49. The summed E-state index contributed by atoms with van der Waals surface area (Å²) in [6.07, 6.45) is 6.88. The molecule has 1 saturated carbocycles. The molecule has 50 heavy (non-hydrogen) atoms. The van der Waals surface area contributed by atoms with E-state index in [0.717, 1.165) is 75.7 Å². The number of carbonyl (C=O) groups is 1. The van der Waals surface area contributed by atoms with Crippen molar-refractivity contribution in [2.24, 2.45) is 23.7 Å². The van der Waals surface area contributed by atoms with Crippen LogP contribution in [0.3, 0.4) is 0 Å². The van der Waals surface area contributed by atoms with Crippen LogP contribution in [0.2, 0.25) is 5.02 Å². The molecule has 0 spiro atoms. The Morgan fingerprint density at radius 1 is 0.900 bits per heavy atom. The Morgan fingerprint density at radius 2 is 1.70 bits per heavy atom. The molecule has 5 atom stereocenters. The van der Waals surface area contributed by atoms with Gasteiger partial charge in [-0.3, -0.25) is 9.69 Å². The van der Waals surface area contributed by atoms with Crippen LogP contribution in [-0.2, 0) is 32.5 Å². The largest absolute Gasteiger partial charge is 0.487 e. The first kappa shape index (κ1) is 36.0. The van der Waals surface area contributed by atoms with Gasteiger partial charge in [0.25, 0.3) is 5.91 Å². The lowest BCUT2D eigenvalue weighted by molar-refractivity contribution is -0.250. The van der Waals surface area contributed by atoms with E-state index in [1.807, 2.05) is 37.3 Å². The van der Waals surface area contributed by atoms with Crippen molar-refractivity contribution in [3.05, 3.63) is 58.1 Å². The predicted molar refractivity (Wildman–Crippen MR) is 193 cm³/mol. The van der Waals surface area contributed by atoms with Crippen LogP contribution in [0.1, 0.15) is 80.3 Å². The number of anilines is 1. The highest BCUT2D eigenvalue weighted by molar-refractivity contribution is 7.90. The molecule has 7 rings (SSSR count). The van der Waals surface area contributed by atoms with Crippen molar-refractivity contribution in [1.29, 1.82) is 0 Å². The van der Waals surface area contributed by atoms with Gasteiger partial charge in [0.1, 0.15) is 12.4 Å². The van der Waals surface area contributed by atoms with E-state index >= 15 is 0 Å². The Morgan fingerprint density at radius 3 is 2.44 bits per heavy atom. The lowest BCUT2D eigenvalue weighted by Crippen LogP contribution is -2.60. The summed E-state index contributed by atoms with van der Waals surface area (Å²) < 4.78 is 48.8. The number of nitrogens with one attached hydrogen (secondary N) is 1. The third-order valence-corrected chi connectivity index (χ3v) is 14.3. The number of β-amino-alcohol motifs (C(OH)–C–C–N with tert-alkyl or cyclic N) is 1. The second-order valence-corrected chi connectivity index (χ2v) is 17.8. The monoisotopic (exact) mass is 729 g/mol. The number of aryl methyl sites for hydroxylation is 1. The van der Waals surface area contributed by atoms with Crippen molar-refractivity contribution in [3.63, 3.8) is 0 Å². The van der Waals surface area contributed by atoms with E-state index in [9.17, 15) is 18.3 Å². The van der Waals surface area contributed by atoms with Crippen LogP contribution in [0.5, 0.6) is 5.75 Å². The van der Waals surface area contributed by atoms with Crippen LogP contribution in [0.4, 0.5) is 5.69 Å². The van der Waals surface area contributed by atoms with Crippen LogP contribution in [0.25, 0.3) is 0 Å². The zero-order valence-corrected chi connectivity index (χ0v) is 30.8. The summed E-state index contributed by atoms with van der Waals surface area (Å²) in [5.74, 6) is 0.902. The molecule has 2 aromatic carbocycles. The first-order valence-electron chi connectivity index (χ1n) is 18.6. The normalized spacial score (nSPS) is 32.9. The molecule has 274 valence electrons. The number of halogens is 1. The molecular formula is C38H52ClN3O7S. The Balaban J connectivity index is 1.19. The molecule has 12 heteroatoms. The molecule has 4 heterocycles. The second kappa shape index (κ2) is 15.3. The lowest BCUT2D eigenvalue weighted by atomic mass is 9.65. The van der Waals surface area contributed by atoms with Crippen LogP contribution in [-0.4, -0.2) is 87.4 Å². The van der Waals surface area contributed by atoms with E-state index in [2.05, 4.69) is 14.5 Å². The summed E-state index contributed by atoms with van der Waals surface area (Å²) in [4.78, 5) is 18.1. The number of likely N-dealkylation sites (tertiary alicyclic amines) is 1. The van der Waals surface area contributed by atoms with Crippen LogP contribution in [0.15, 0.2) is 36.4 Å². The van der Waals surface area contributed by atoms with Crippen molar-refractivity contribution >= 4 is 33.2 Å². The van der Waals surface area contributed by atoms with E-state index in [4.69, 9.17) is 25.8 Å². The van der Waals surface area contributed by atoms with Gasteiger partial charge in [-0.1, -0.05) is 31.0 Å². The van der Waals surface area contributed by atoms with E-state index in [1.54, 1.807) is 13.0 Å². The van der Waals surface area contributed by atoms with Gasteiger partial charge in [0, 0.05) is 42.7 Å². The quantitative estimate of drug-likeness (QED) is 0.420. The van der Waals surface area contributed by atoms with Crippen molar-refractivity contribution in [2.75, 3.05) is 44.3 Å². The number of benzene rings is 2. The van der Waals surface area contributed by atoms with Crippen LogP contribution < -0.4 is 14.4 Å². The highest BCUT2D eigenvalue weighted by Crippen LogP contribution is 2.46. The average molecular weight is 730 g/mol. The summed E-state index contributed by atoms with van der Waals surface area (Å²) in [5.41, 5.74) is 3.38. The molecule has 0 unspecified atom stereocenters. The maximum absolute atomic E-state index is 13.5. The van der Waals surface area contributed by atoms with E-state index in [0.29, 0.717) is 61.1 Å². The predicted octanol–water partition coefficient (Wildman–Crippen LogP) is 5.39. The van der Waals surface area contributed by atoms with E-state index < -0.39 is 21.2 Å². The minimum absolute atomic E-state index is 0.143. The highest BCUT2D eigenvalue weighted by atomic mass is 35.5. The van der Waals surface area contributed by atoms with Gasteiger partial charge in [-0.2, -0.15) is 0 Å². The Bertz CT molecular complexity index is 1630. The fraction of sp³-hybridized carbons (Fsp3) is 0.658. The first-order valence-corrected chi connectivity index (χ1v) is 20.5. The number of carbonyl (C=O) groups excluding carboxylic acids is 1. The Kier molecular flexibility index (Phi) is 11.0. The number of amides is 1. The molecule has 2 aromatic rings. The van der Waals surface area contributed by atoms with Gasteiger partial charge in [0.15, 0.2) is 6.29 Å². The molecule has 10 nitrogen and oxygen atoms in total. The number of nitrogens with zero attached hydrogens (tertiary/aromatic N) is 2. The molecule has 1 amide bonds. The maximum Gasteiger partial charge on any atom is 0.264 e. The zero-order chi connectivity index (χ0) is 35.0. The standard InChI is InChI=1S/C38H52ClN3O7S/c1-24-6-5-8-34(38-48-22-31(23-49-38)42-19-32(43)20-42)33-13-10-28(33)18-41-15-4-3-7-26-16-30(39)12-9-29(26)21-47-36-14-11-27(17-35(36)41)37(44)40-50(45,46)25(24)2/h9,11-12,14,16-17,24-25,28,31-34,38,43H,3-8,10,13,15,18-23H2,1-2H3,(H,40,44)/t24-,25+,28-,31?,33+,34-,38?/m0/s1. The summed E-state index contributed by atoms with van der Waals surface area (Å²) in [7, 11) is -3.92. The van der Waals surface area contributed by atoms with Crippen molar-refractivity contribution < 1.29 is 32.5 Å². The Hall–Kier alpha value is -2.41. The van der Waals surface area contributed by atoms with Gasteiger partial charge >= 0.3 is 0 Å². The summed E-state index contributed by atoms with van der Waals surface area (Å²) in [6, 6.07) is 11.4. The molecule has 2 saturated heterocycles. The summed E-state index contributed by atoms with van der Waals surface area (Å²) >= 11 is 6.38. The van der Waals surface area contributed by atoms with Crippen LogP contribution in [0, 0.1) is 23.7 Å². The van der Waals surface area contributed by atoms with Gasteiger partial charge in [-0.05, 0) is 111 Å². The number of fused-ring (bicyclic) bond motifs is 3. The summed E-state index contributed by atoms with van der Waals surface area (Å²) in [5, 5.41) is 9.79. The first-order chi connectivity index (χ1) is 24.1. The highest BCUT2D eigenvalue weighted by Gasteiger charge is 2.45. The molecule has 0 radical (unpaired) electrons. The average Bonchev–Trinajstić information content (AvgIpc) is 3.10. The van der Waals surface area contributed by atoms with Gasteiger partial charge in [-0.25, -0.2) is 13.1 Å². The number of aliphatic hydroxyl groups is 1. The third-order valence-electron chi connectivity index (χ3n) is 12.1. The molecule has 3 fully saturated rings. The SMILES string of the molecule is C[C@@H]1[C@@H](C)CCC[C@H](C2OCC(N3CC(O)C3)CO2)[C@@H]2CC[C@H]2CN2CCCCc3cc(Cl)ccc3COc3ccc(cc32)C(=O)NS1(=O)=O. The second-order valence-electron chi connectivity index (χ2n) is 15.3. The zero-order valence-electron chi connectivity index (χ0n) is 29.3. The number of aliphatic hydroxyl groups excluding tert-OH is 1. The molecule has 0 aromatic heterocycles. The molecule has 2 bridgehead atoms. The van der Waals surface area contributed by atoms with Crippen molar-refractivity contribution in [3.8, 4) is 5.75 Å².